The van der Waals surface area contributed by atoms with Gasteiger partial charge in [0.05, 0.1) is 5.39 Å². The molecule has 2 aromatic carbocycles. The van der Waals surface area contributed by atoms with Crippen LogP contribution in [0.2, 0.25) is 0 Å². The van der Waals surface area contributed by atoms with Crippen LogP contribution in [0, 0.1) is 11.3 Å². The first kappa shape index (κ1) is 16.8. The van der Waals surface area contributed by atoms with Crippen molar-refractivity contribution in [3.63, 3.8) is 0 Å². The van der Waals surface area contributed by atoms with Gasteiger partial charge >= 0.3 is 0 Å². The van der Waals surface area contributed by atoms with Gasteiger partial charge in [-0.3, -0.25) is 9.59 Å². The van der Waals surface area contributed by atoms with Gasteiger partial charge in [-0.25, -0.2) is 0 Å². The first-order valence-corrected chi connectivity index (χ1v) is 8.93. The quantitative estimate of drug-likeness (QED) is 0.524. The molecule has 0 saturated heterocycles. The van der Waals surface area contributed by atoms with Crippen molar-refractivity contribution in [1.29, 1.82) is 5.26 Å². The first-order valence-electron chi connectivity index (χ1n) is 8.05. The average molecular weight is 372 g/mol. The number of nitriles is 1. The van der Waals surface area contributed by atoms with Crippen LogP contribution in [0.1, 0.15) is 15.9 Å². The Morgan fingerprint density at radius 3 is 2.37 bits per heavy atom. The highest BCUT2D eigenvalue weighted by Gasteiger charge is 2.17. The van der Waals surface area contributed by atoms with Crippen molar-refractivity contribution in [1.82, 2.24) is 4.98 Å². The fourth-order valence-corrected chi connectivity index (χ4v) is 4.06. The second-order valence-corrected chi connectivity index (χ2v) is 6.81. The summed E-state index contributed by atoms with van der Waals surface area (Å²) in [6, 6.07) is 16.6. The Bertz CT molecular complexity index is 1280. The molecule has 0 spiro atoms. The summed E-state index contributed by atoms with van der Waals surface area (Å²) in [5.41, 5.74) is 3.02. The van der Waals surface area contributed by atoms with Crippen molar-refractivity contribution in [3.05, 3.63) is 75.4 Å². The van der Waals surface area contributed by atoms with E-state index < -0.39 is 5.56 Å². The molecule has 0 unspecified atom stereocenters. The Labute approximate surface area is 157 Å². The Hall–Kier alpha value is -3.69. The summed E-state index contributed by atoms with van der Waals surface area (Å²) in [6.45, 7) is 0. The molecule has 0 bridgehead atoms. The van der Waals surface area contributed by atoms with Crippen molar-refractivity contribution >= 4 is 27.8 Å². The second kappa shape index (κ2) is 6.56. The first-order chi connectivity index (χ1) is 13.1. The van der Waals surface area contributed by atoms with Crippen molar-refractivity contribution in [2.45, 2.75) is 0 Å². The maximum Gasteiger partial charge on any atom is 0.270 e. The van der Waals surface area contributed by atoms with E-state index in [-0.39, 0.29) is 11.3 Å². The highest BCUT2D eigenvalue weighted by molar-refractivity contribution is 7.17. The molecule has 0 fully saturated rings. The number of pyridine rings is 1. The van der Waals surface area contributed by atoms with Gasteiger partial charge in [0.25, 0.3) is 5.56 Å². The van der Waals surface area contributed by atoms with E-state index in [0.717, 1.165) is 28.5 Å². The Balaban J connectivity index is 1.85. The van der Waals surface area contributed by atoms with Gasteiger partial charge in [-0.2, -0.15) is 5.26 Å². The van der Waals surface area contributed by atoms with Gasteiger partial charge < -0.3 is 10.1 Å². The number of hydrogen-bond acceptors (Lipinski definition) is 5. The van der Waals surface area contributed by atoms with E-state index in [1.54, 1.807) is 12.1 Å². The third kappa shape index (κ3) is 2.71. The lowest BCUT2D eigenvalue weighted by molar-refractivity contribution is 0.112. The molecule has 2 heterocycles. The van der Waals surface area contributed by atoms with Gasteiger partial charge in [-0.1, -0.05) is 48.5 Å². The number of nitrogens with one attached hydrogen (secondary N) is 1. The Morgan fingerprint density at radius 2 is 1.70 bits per heavy atom. The number of fused-ring (bicyclic) bond motifs is 1. The number of thiophene rings is 1. The minimum absolute atomic E-state index is 0.293. The zero-order valence-electron chi connectivity index (χ0n) is 13.9. The fourth-order valence-electron chi connectivity index (χ4n) is 3.09. The summed E-state index contributed by atoms with van der Waals surface area (Å²) in [5, 5.41) is 21.8. The van der Waals surface area contributed by atoms with E-state index >= 15 is 0 Å². The molecular formula is C21H12N2O3S. The number of rotatable bonds is 3. The van der Waals surface area contributed by atoms with Gasteiger partial charge in [0.1, 0.15) is 16.6 Å². The predicted molar refractivity (Wildman–Crippen MR) is 105 cm³/mol. The van der Waals surface area contributed by atoms with Crippen LogP contribution in [0.3, 0.4) is 0 Å². The summed E-state index contributed by atoms with van der Waals surface area (Å²) in [4.78, 5) is 26.2. The number of hydrogen-bond donors (Lipinski definition) is 2. The summed E-state index contributed by atoms with van der Waals surface area (Å²) in [6.07, 6.45) is 0.827. The zero-order chi connectivity index (χ0) is 19.0. The minimum Gasteiger partial charge on any atom is -0.506 e. The number of aromatic hydroxyl groups is 1. The van der Waals surface area contributed by atoms with E-state index in [2.05, 4.69) is 4.98 Å². The molecule has 27 heavy (non-hydrogen) atoms. The molecule has 0 aliphatic heterocycles. The van der Waals surface area contributed by atoms with E-state index in [1.165, 1.54) is 11.3 Å². The maximum atomic E-state index is 11.8. The maximum absolute atomic E-state index is 11.8. The molecule has 0 saturated carbocycles. The SMILES string of the molecule is N#Cc1c(O)c2c(-c3ccc(-c4ccccc4C=O)cc3)csc2[nH]c1=O. The molecule has 4 rings (SSSR count). The van der Waals surface area contributed by atoms with E-state index in [4.69, 9.17) is 5.26 Å². The molecule has 6 heteroatoms. The number of aromatic nitrogens is 1. The second-order valence-electron chi connectivity index (χ2n) is 5.93. The summed E-state index contributed by atoms with van der Waals surface area (Å²) >= 11 is 1.29. The smallest absolute Gasteiger partial charge is 0.270 e. The number of benzene rings is 2. The average Bonchev–Trinajstić information content (AvgIpc) is 3.12. The largest absolute Gasteiger partial charge is 0.506 e. The van der Waals surface area contributed by atoms with Crippen LogP contribution in [0.5, 0.6) is 5.75 Å². The highest BCUT2D eigenvalue weighted by Crippen LogP contribution is 2.39. The van der Waals surface area contributed by atoms with Crippen LogP contribution in [0.4, 0.5) is 0 Å². The van der Waals surface area contributed by atoms with Crippen LogP contribution in [0.15, 0.2) is 58.7 Å². The third-order valence-corrected chi connectivity index (χ3v) is 5.32. The Kier molecular flexibility index (Phi) is 4.07. The molecule has 0 amide bonds. The number of aldehydes is 1. The van der Waals surface area contributed by atoms with E-state index in [1.807, 2.05) is 47.8 Å². The lowest BCUT2D eigenvalue weighted by Gasteiger charge is -2.07. The zero-order valence-corrected chi connectivity index (χ0v) is 14.7. The number of H-pyrrole nitrogens is 1. The van der Waals surface area contributed by atoms with Gasteiger partial charge in [0.2, 0.25) is 0 Å². The third-order valence-electron chi connectivity index (χ3n) is 4.43. The molecule has 0 aliphatic rings. The molecule has 0 radical (unpaired) electrons. The number of carbonyl (C=O) groups is 1. The van der Waals surface area contributed by atoms with Crippen LogP contribution < -0.4 is 5.56 Å². The fraction of sp³-hybridized carbons (Fsp3) is 0. The molecule has 130 valence electrons. The van der Waals surface area contributed by atoms with Crippen LogP contribution in [-0.2, 0) is 0 Å². The number of nitrogens with zero attached hydrogens (tertiary/aromatic N) is 1. The molecule has 2 N–H and O–H groups in total. The van der Waals surface area contributed by atoms with Crippen molar-refractivity contribution in [2.75, 3.05) is 0 Å². The monoisotopic (exact) mass is 372 g/mol. The summed E-state index contributed by atoms with van der Waals surface area (Å²) in [7, 11) is 0. The lowest BCUT2D eigenvalue weighted by atomic mass is 9.97. The normalized spacial score (nSPS) is 10.6. The van der Waals surface area contributed by atoms with E-state index in [9.17, 15) is 14.7 Å². The minimum atomic E-state index is -0.600. The Morgan fingerprint density at radius 1 is 1.04 bits per heavy atom. The van der Waals surface area contributed by atoms with Crippen molar-refractivity contribution < 1.29 is 9.90 Å². The standard InChI is InChI=1S/C21H12N2O3S/c22-9-16-19(25)18-17(11-27-21(18)23-20(16)26)13-7-5-12(6-8-13)15-4-2-1-3-14(15)10-24/h1-8,10-11H,(H2,23,25,26). The highest BCUT2D eigenvalue weighted by atomic mass is 32.1. The van der Waals surface area contributed by atoms with Crippen LogP contribution in [-0.4, -0.2) is 16.4 Å². The predicted octanol–water partition coefficient (Wildman–Crippen LogP) is 4.31. The van der Waals surface area contributed by atoms with Gasteiger partial charge in [0.15, 0.2) is 11.8 Å². The summed E-state index contributed by atoms with van der Waals surface area (Å²) < 4.78 is 0. The van der Waals surface area contributed by atoms with Crippen LogP contribution in [0.25, 0.3) is 32.5 Å². The van der Waals surface area contributed by atoms with E-state index in [0.29, 0.717) is 15.8 Å². The van der Waals surface area contributed by atoms with Crippen LogP contribution >= 0.6 is 11.3 Å². The summed E-state index contributed by atoms with van der Waals surface area (Å²) in [5.74, 6) is -0.303. The molecule has 2 aromatic heterocycles. The van der Waals surface area contributed by atoms with Gasteiger partial charge in [-0.05, 0) is 16.7 Å². The lowest BCUT2D eigenvalue weighted by Crippen LogP contribution is -2.09. The topological polar surface area (TPSA) is 93.9 Å². The van der Waals surface area contributed by atoms with Crippen molar-refractivity contribution in [2.24, 2.45) is 0 Å². The number of carbonyl (C=O) groups excluding carboxylic acids is 1. The molecule has 0 aliphatic carbocycles. The molecular weight excluding hydrogens is 360 g/mol. The molecule has 5 nitrogen and oxygen atoms in total. The molecule has 4 aromatic rings. The molecule has 0 atom stereocenters. The van der Waals surface area contributed by atoms with Crippen molar-refractivity contribution in [3.8, 4) is 34.1 Å². The van der Waals surface area contributed by atoms with Gasteiger partial charge in [0, 0.05) is 16.5 Å². The number of aromatic amines is 1. The van der Waals surface area contributed by atoms with Gasteiger partial charge in [-0.15, -0.1) is 11.3 Å².